The molecule has 0 radical (unpaired) electrons. The summed E-state index contributed by atoms with van der Waals surface area (Å²) in [5, 5.41) is 0. The standard InChI is InChI=1S/C15H25NO/c1-5-17-14-7-6-12(2)10-13(14)8-9-15(3,4)11-16/h6-7,10H,5,8-9,11,16H2,1-4H3. The monoisotopic (exact) mass is 235 g/mol. The molecule has 0 aliphatic carbocycles. The predicted octanol–water partition coefficient (Wildman–Crippen LogP) is 3.31. The van der Waals surface area contributed by atoms with E-state index in [0.29, 0.717) is 0 Å². The van der Waals surface area contributed by atoms with E-state index in [0.717, 1.165) is 31.7 Å². The molecule has 0 atom stereocenters. The van der Waals surface area contributed by atoms with E-state index in [9.17, 15) is 0 Å². The van der Waals surface area contributed by atoms with Crippen molar-refractivity contribution in [2.24, 2.45) is 11.1 Å². The zero-order chi connectivity index (χ0) is 12.9. The first-order valence-electron chi connectivity index (χ1n) is 6.41. The fourth-order valence-corrected chi connectivity index (χ4v) is 1.78. The predicted molar refractivity (Wildman–Crippen MR) is 73.5 cm³/mol. The maximum atomic E-state index is 5.77. The first-order valence-corrected chi connectivity index (χ1v) is 6.41. The van der Waals surface area contributed by atoms with Gasteiger partial charge in [-0.2, -0.15) is 0 Å². The normalized spacial score (nSPS) is 11.6. The smallest absolute Gasteiger partial charge is 0.122 e. The lowest BCUT2D eigenvalue weighted by Crippen LogP contribution is -2.24. The molecule has 0 unspecified atom stereocenters. The molecule has 17 heavy (non-hydrogen) atoms. The van der Waals surface area contributed by atoms with Crippen LogP contribution in [-0.2, 0) is 6.42 Å². The molecule has 0 spiro atoms. The van der Waals surface area contributed by atoms with Gasteiger partial charge in [-0.3, -0.25) is 0 Å². The largest absolute Gasteiger partial charge is 0.494 e. The summed E-state index contributed by atoms with van der Waals surface area (Å²) in [6, 6.07) is 6.39. The third kappa shape index (κ3) is 4.39. The van der Waals surface area contributed by atoms with Crippen LogP contribution >= 0.6 is 0 Å². The Morgan fingerprint density at radius 1 is 1.29 bits per heavy atom. The molecule has 0 heterocycles. The van der Waals surface area contributed by atoms with Gasteiger partial charge in [0.2, 0.25) is 0 Å². The molecule has 2 nitrogen and oxygen atoms in total. The van der Waals surface area contributed by atoms with Gasteiger partial charge in [-0.1, -0.05) is 31.5 Å². The van der Waals surface area contributed by atoms with Crippen molar-refractivity contribution in [2.45, 2.75) is 40.5 Å². The van der Waals surface area contributed by atoms with Crippen LogP contribution in [0.15, 0.2) is 18.2 Å². The molecule has 0 saturated heterocycles. The van der Waals surface area contributed by atoms with Crippen molar-refractivity contribution in [3.63, 3.8) is 0 Å². The van der Waals surface area contributed by atoms with Crippen molar-refractivity contribution in [3.05, 3.63) is 29.3 Å². The molecule has 0 aliphatic heterocycles. The van der Waals surface area contributed by atoms with Crippen molar-refractivity contribution < 1.29 is 4.74 Å². The number of nitrogens with two attached hydrogens (primary N) is 1. The lowest BCUT2D eigenvalue weighted by Gasteiger charge is -2.22. The van der Waals surface area contributed by atoms with Gasteiger partial charge >= 0.3 is 0 Å². The molecule has 1 aromatic rings. The van der Waals surface area contributed by atoms with E-state index in [1.54, 1.807) is 0 Å². The quantitative estimate of drug-likeness (QED) is 0.821. The summed E-state index contributed by atoms with van der Waals surface area (Å²) in [5.74, 6) is 1.02. The van der Waals surface area contributed by atoms with Gasteiger partial charge in [0.05, 0.1) is 6.61 Å². The number of rotatable bonds is 6. The highest BCUT2D eigenvalue weighted by molar-refractivity contribution is 5.37. The average molecular weight is 235 g/mol. The van der Waals surface area contributed by atoms with Crippen LogP contribution in [0.25, 0.3) is 0 Å². The van der Waals surface area contributed by atoms with Gasteiger partial charge in [0.1, 0.15) is 5.75 Å². The van der Waals surface area contributed by atoms with E-state index in [2.05, 4.69) is 39.0 Å². The molecular formula is C15H25NO. The second-order valence-corrected chi connectivity index (χ2v) is 5.41. The molecule has 2 N–H and O–H groups in total. The molecule has 0 bridgehead atoms. The molecule has 0 aliphatic rings. The summed E-state index contributed by atoms with van der Waals surface area (Å²) in [5.41, 5.74) is 8.55. The van der Waals surface area contributed by atoms with Gasteiger partial charge in [-0.05, 0) is 50.3 Å². The maximum Gasteiger partial charge on any atom is 0.122 e. The van der Waals surface area contributed by atoms with E-state index >= 15 is 0 Å². The average Bonchev–Trinajstić information content (AvgIpc) is 2.30. The summed E-state index contributed by atoms with van der Waals surface area (Å²) in [6.07, 6.45) is 2.12. The third-order valence-corrected chi connectivity index (χ3v) is 3.14. The molecule has 1 aromatic carbocycles. The Morgan fingerprint density at radius 2 is 2.00 bits per heavy atom. The Kier molecular flexibility index (Phi) is 5.01. The molecule has 96 valence electrons. The minimum atomic E-state index is 0.202. The number of ether oxygens (including phenoxy) is 1. The van der Waals surface area contributed by atoms with Gasteiger partial charge in [-0.25, -0.2) is 0 Å². The van der Waals surface area contributed by atoms with Crippen LogP contribution in [0.5, 0.6) is 5.75 Å². The van der Waals surface area contributed by atoms with Crippen molar-refractivity contribution in [3.8, 4) is 5.75 Å². The highest BCUT2D eigenvalue weighted by atomic mass is 16.5. The van der Waals surface area contributed by atoms with E-state index < -0.39 is 0 Å². The first kappa shape index (κ1) is 14.0. The Morgan fingerprint density at radius 3 is 2.59 bits per heavy atom. The lowest BCUT2D eigenvalue weighted by atomic mass is 9.86. The maximum absolute atomic E-state index is 5.77. The Balaban J connectivity index is 2.77. The molecular weight excluding hydrogens is 210 g/mol. The van der Waals surface area contributed by atoms with Gasteiger partial charge < -0.3 is 10.5 Å². The van der Waals surface area contributed by atoms with Crippen LogP contribution in [0.4, 0.5) is 0 Å². The highest BCUT2D eigenvalue weighted by Gasteiger charge is 2.16. The molecule has 0 fully saturated rings. The zero-order valence-electron chi connectivity index (χ0n) is 11.5. The van der Waals surface area contributed by atoms with Crippen LogP contribution in [0.3, 0.4) is 0 Å². The number of hydrogen-bond acceptors (Lipinski definition) is 2. The molecule has 0 aromatic heterocycles. The van der Waals surface area contributed by atoms with Crippen molar-refractivity contribution >= 4 is 0 Å². The first-order chi connectivity index (χ1) is 7.98. The van der Waals surface area contributed by atoms with Crippen molar-refractivity contribution in [1.29, 1.82) is 0 Å². The van der Waals surface area contributed by atoms with Gasteiger partial charge in [-0.15, -0.1) is 0 Å². The Labute approximate surface area is 105 Å². The summed E-state index contributed by atoms with van der Waals surface area (Å²) >= 11 is 0. The zero-order valence-corrected chi connectivity index (χ0v) is 11.5. The summed E-state index contributed by atoms with van der Waals surface area (Å²) in [7, 11) is 0. The Hall–Kier alpha value is -1.02. The molecule has 0 saturated carbocycles. The topological polar surface area (TPSA) is 35.2 Å². The van der Waals surface area contributed by atoms with Crippen LogP contribution in [-0.4, -0.2) is 13.2 Å². The van der Waals surface area contributed by atoms with Crippen LogP contribution in [0.1, 0.15) is 38.3 Å². The summed E-state index contributed by atoms with van der Waals surface area (Å²) in [4.78, 5) is 0. The van der Waals surface area contributed by atoms with Crippen LogP contribution in [0.2, 0.25) is 0 Å². The number of aryl methyl sites for hydroxylation is 2. The van der Waals surface area contributed by atoms with Crippen LogP contribution in [0, 0.1) is 12.3 Å². The Bertz CT molecular complexity index is 358. The fourth-order valence-electron chi connectivity index (χ4n) is 1.78. The van der Waals surface area contributed by atoms with Gasteiger partial charge in [0.25, 0.3) is 0 Å². The van der Waals surface area contributed by atoms with Crippen molar-refractivity contribution in [2.75, 3.05) is 13.2 Å². The van der Waals surface area contributed by atoms with E-state index in [1.807, 2.05) is 6.92 Å². The third-order valence-electron chi connectivity index (χ3n) is 3.14. The van der Waals surface area contributed by atoms with Gasteiger partial charge in [0, 0.05) is 0 Å². The second-order valence-electron chi connectivity index (χ2n) is 5.41. The van der Waals surface area contributed by atoms with E-state index in [-0.39, 0.29) is 5.41 Å². The van der Waals surface area contributed by atoms with Gasteiger partial charge in [0.15, 0.2) is 0 Å². The lowest BCUT2D eigenvalue weighted by molar-refractivity contribution is 0.324. The van der Waals surface area contributed by atoms with Crippen molar-refractivity contribution in [1.82, 2.24) is 0 Å². The molecule has 0 amide bonds. The second kappa shape index (κ2) is 6.06. The molecule has 1 rings (SSSR count). The number of hydrogen-bond donors (Lipinski definition) is 1. The minimum absolute atomic E-state index is 0.202. The van der Waals surface area contributed by atoms with Crippen LogP contribution < -0.4 is 10.5 Å². The highest BCUT2D eigenvalue weighted by Crippen LogP contribution is 2.26. The SMILES string of the molecule is CCOc1ccc(C)cc1CCC(C)(C)CN. The van der Waals surface area contributed by atoms with E-state index in [4.69, 9.17) is 10.5 Å². The fraction of sp³-hybridized carbons (Fsp3) is 0.600. The minimum Gasteiger partial charge on any atom is -0.494 e. The summed E-state index contributed by atoms with van der Waals surface area (Å²) < 4.78 is 5.66. The number of benzene rings is 1. The van der Waals surface area contributed by atoms with E-state index in [1.165, 1.54) is 11.1 Å². The summed E-state index contributed by atoms with van der Waals surface area (Å²) in [6.45, 7) is 10.0. The molecule has 2 heteroatoms.